The van der Waals surface area contributed by atoms with Gasteiger partial charge in [0.2, 0.25) is 0 Å². The molecular weight excluding hydrogens is 216 g/mol. The Morgan fingerprint density at radius 2 is 1.35 bits per heavy atom. The molecule has 0 aromatic carbocycles. The van der Waals surface area contributed by atoms with Gasteiger partial charge in [-0.25, -0.2) is 0 Å². The highest BCUT2D eigenvalue weighted by Gasteiger charge is 2.27. The van der Waals surface area contributed by atoms with Crippen molar-refractivity contribution in [2.24, 2.45) is 11.8 Å². The molecule has 2 fully saturated rings. The van der Waals surface area contributed by atoms with E-state index in [0.29, 0.717) is 24.0 Å². The second-order valence-corrected chi connectivity index (χ2v) is 5.47. The van der Waals surface area contributed by atoms with Gasteiger partial charge in [-0.1, -0.05) is 26.7 Å². The molecule has 0 aliphatic carbocycles. The van der Waals surface area contributed by atoms with Gasteiger partial charge in [-0.2, -0.15) is 0 Å². The van der Waals surface area contributed by atoms with Gasteiger partial charge in [-0.05, 0) is 24.7 Å². The first-order chi connectivity index (χ1) is 8.31. The van der Waals surface area contributed by atoms with Crippen LogP contribution in [0.4, 0.5) is 0 Å². The Kier molecular flexibility index (Phi) is 5.26. The molecule has 100 valence electrons. The van der Waals surface area contributed by atoms with E-state index >= 15 is 0 Å². The Morgan fingerprint density at radius 1 is 0.941 bits per heavy atom. The molecule has 17 heavy (non-hydrogen) atoms. The minimum absolute atomic E-state index is 0.533. The molecule has 4 unspecified atom stereocenters. The van der Waals surface area contributed by atoms with Gasteiger partial charge in [-0.3, -0.25) is 0 Å². The highest BCUT2D eigenvalue weighted by atomic mass is 16.6. The van der Waals surface area contributed by atoms with Crippen LogP contribution in [0.15, 0.2) is 0 Å². The topological polar surface area (TPSA) is 34.3 Å². The maximum Gasteiger partial charge on any atom is 0.0813 e. The van der Waals surface area contributed by atoms with Crippen LogP contribution in [0.1, 0.15) is 39.5 Å². The molecule has 2 saturated heterocycles. The molecule has 0 bridgehead atoms. The molecule has 2 aliphatic heterocycles. The lowest BCUT2D eigenvalue weighted by molar-refractivity contribution is 0.0599. The van der Waals surface area contributed by atoms with Crippen molar-refractivity contribution in [3.8, 4) is 0 Å². The summed E-state index contributed by atoms with van der Waals surface area (Å²) in [6.07, 6.45) is 5.82. The summed E-state index contributed by atoms with van der Waals surface area (Å²) in [6, 6.07) is 0. The second-order valence-electron chi connectivity index (χ2n) is 5.47. The molecule has 4 atom stereocenters. The van der Waals surface area contributed by atoms with E-state index in [2.05, 4.69) is 13.8 Å². The van der Waals surface area contributed by atoms with Crippen molar-refractivity contribution >= 4 is 0 Å². The first-order valence-electron chi connectivity index (χ1n) is 7.12. The minimum atomic E-state index is 0.533. The third-order valence-electron chi connectivity index (χ3n) is 3.86. The molecule has 0 amide bonds. The highest BCUT2D eigenvalue weighted by Crippen LogP contribution is 2.24. The molecule has 2 aliphatic rings. The molecule has 2 rings (SSSR count). The Bertz CT molecular complexity index is 190. The predicted octanol–water partition coefficient (Wildman–Crippen LogP) is 2.63. The van der Waals surface area contributed by atoms with E-state index < -0.39 is 0 Å². The lowest BCUT2D eigenvalue weighted by atomic mass is 10.0. The summed E-state index contributed by atoms with van der Waals surface area (Å²) in [5.74, 6) is 1.36. The normalized spacial score (nSPS) is 30.0. The molecule has 0 aromatic rings. The Hall–Kier alpha value is -0.120. The largest absolute Gasteiger partial charge is 0.381 e. The van der Waals surface area contributed by atoms with E-state index in [0.717, 1.165) is 26.4 Å². The van der Waals surface area contributed by atoms with Gasteiger partial charge >= 0.3 is 0 Å². The van der Waals surface area contributed by atoms with Crippen molar-refractivity contribution in [2.75, 3.05) is 26.4 Å². The standard InChI is InChI=1S/C14H26O3/c1-3-11(5-13-9-16-13)7-15-8-12(4-2)6-14-10-17-14/h11-14H,3-10H2,1-2H3. The number of hydrogen-bond donors (Lipinski definition) is 0. The summed E-state index contributed by atoms with van der Waals surface area (Å²) in [7, 11) is 0. The number of hydrogen-bond acceptors (Lipinski definition) is 3. The fourth-order valence-corrected chi connectivity index (χ4v) is 2.26. The lowest BCUT2D eigenvalue weighted by Crippen LogP contribution is -2.17. The van der Waals surface area contributed by atoms with Crippen LogP contribution in [-0.2, 0) is 14.2 Å². The van der Waals surface area contributed by atoms with Gasteiger partial charge in [0, 0.05) is 13.2 Å². The van der Waals surface area contributed by atoms with Crippen LogP contribution in [-0.4, -0.2) is 38.6 Å². The van der Waals surface area contributed by atoms with Gasteiger partial charge in [0.05, 0.1) is 25.4 Å². The van der Waals surface area contributed by atoms with Gasteiger partial charge in [0.15, 0.2) is 0 Å². The van der Waals surface area contributed by atoms with Crippen LogP contribution in [0.25, 0.3) is 0 Å². The molecular formula is C14H26O3. The average Bonchev–Trinajstić information content (AvgIpc) is 3.21. The zero-order valence-corrected chi connectivity index (χ0v) is 11.2. The van der Waals surface area contributed by atoms with E-state index in [1.165, 1.54) is 25.7 Å². The summed E-state index contributed by atoms with van der Waals surface area (Å²) < 4.78 is 16.4. The van der Waals surface area contributed by atoms with E-state index in [4.69, 9.17) is 14.2 Å². The molecule has 0 radical (unpaired) electrons. The third kappa shape index (κ3) is 5.36. The smallest absolute Gasteiger partial charge is 0.0813 e. The number of epoxide rings is 2. The van der Waals surface area contributed by atoms with Gasteiger partial charge in [0.1, 0.15) is 0 Å². The van der Waals surface area contributed by atoms with E-state index in [1.807, 2.05) is 0 Å². The zero-order chi connectivity index (χ0) is 12.1. The maximum absolute atomic E-state index is 5.89. The Morgan fingerprint density at radius 3 is 1.65 bits per heavy atom. The van der Waals surface area contributed by atoms with Gasteiger partial charge < -0.3 is 14.2 Å². The van der Waals surface area contributed by atoms with Crippen LogP contribution >= 0.6 is 0 Å². The predicted molar refractivity (Wildman–Crippen MR) is 67.1 cm³/mol. The van der Waals surface area contributed by atoms with Crippen molar-refractivity contribution in [2.45, 2.75) is 51.7 Å². The van der Waals surface area contributed by atoms with Crippen molar-refractivity contribution in [3.05, 3.63) is 0 Å². The molecule has 0 aromatic heterocycles. The fourth-order valence-electron chi connectivity index (χ4n) is 2.26. The maximum atomic E-state index is 5.89. The van der Waals surface area contributed by atoms with E-state index in [1.54, 1.807) is 0 Å². The summed E-state index contributed by atoms with van der Waals surface area (Å²) in [4.78, 5) is 0. The summed E-state index contributed by atoms with van der Waals surface area (Å²) >= 11 is 0. The lowest BCUT2D eigenvalue weighted by Gasteiger charge is -2.17. The summed E-state index contributed by atoms with van der Waals surface area (Å²) in [5.41, 5.74) is 0. The van der Waals surface area contributed by atoms with Gasteiger partial charge in [-0.15, -0.1) is 0 Å². The number of ether oxygens (including phenoxy) is 3. The monoisotopic (exact) mass is 242 g/mol. The fraction of sp³-hybridized carbons (Fsp3) is 1.00. The minimum Gasteiger partial charge on any atom is -0.381 e. The molecule has 0 N–H and O–H groups in total. The molecule has 0 spiro atoms. The van der Waals surface area contributed by atoms with Crippen LogP contribution in [0.5, 0.6) is 0 Å². The van der Waals surface area contributed by atoms with E-state index in [9.17, 15) is 0 Å². The molecule has 2 heterocycles. The second kappa shape index (κ2) is 6.72. The SMILES string of the molecule is CCC(COCC(CC)CC1CO1)CC1CO1. The highest BCUT2D eigenvalue weighted by molar-refractivity contribution is 4.75. The van der Waals surface area contributed by atoms with Crippen LogP contribution < -0.4 is 0 Å². The first kappa shape index (κ1) is 13.3. The quantitative estimate of drug-likeness (QED) is 0.552. The Balaban J connectivity index is 1.55. The third-order valence-corrected chi connectivity index (χ3v) is 3.86. The van der Waals surface area contributed by atoms with Crippen molar-refractivity contribution in [1.82, 2.24) is 0 Å². The molecule has 3 heteroatoms. The van der Waals surface area contributed by atoms with Gasteiger partial charge in [0.25, 0.3) is 0 Å². The summed E-state index contributed by atoms with van der Waals surface area (Å²) in [6.45, 7) is 8.22. The van der Waals surface area contributed by atoms with Crippen molar-refractivity contribution in [3.63, 3.8) is 0 Å². The molecule has 0 saturated carbocycles. The van der Waals surface area contributed by atoms with Crippen molar-refractivity contribution < 1.29 is 14.2 Å². The first-order valence-corrected chi connectivity index (χ1v) is 7.12. The van der Waals surface area contributed by atoms with Crippen LogP contribution in [0.2, 0.25) is 0 Å². The van der Waals surface area contributed by atoms with E-state index in [-0.39, 0.29) is 0 Å². The number of rotatable bonds is 10. The van der Waals surface area contributed by atoms with Crippen molar-refractivity contribution in [1.29, 1.82) is 0 Å². The summed E-state index contributed by atoms with van der Waals surface area (Å²) in [5, 5.41) is 0. The zero-order valence-electron chi connectivity index (χ0n) is 11.2. The average molecular weight is 242 g/mol. The molecule has 3 nitrogen and oxygen atoms in total. The van der Waals surface area contributed by atoms with Crippen LogP contribution in [0.3, 0.4) is 0 Å². The Labute approximate surface area is 105 Å². The van der Waals surface area contributed by atoms with Crippen LogP contribution in [0, 0.1) is 11.8 Å².